The number of imidazole rings is 1. The number of halogens is 1. The van der Waals surface area contributed by atoms with Crippen LogP contribution in [0.15, 0.2) is 73.7 Å². The summed E-state index contributed by atoms with van der Waals surface area (Å²) in [4.78, 5) is 23.7. The van der Waals surface area contributed by atoms with Gasteiger partial charge in [0.2, 0.25) is 5.91 Å². The molecule has 0 N–H and O–H groups in total. The highest BCUT2D eigenvalue weighted by Gasteiger charge is 2.30. The number of ether oxygens (including phenoxy) is 1. The monoisotopic (exact) mass is 470 g/mol. The van der Waals surface area contributed by atoms with E-state index in [1.54, 1.807) is 37.5 Å². The average Bonchev–Trinajstić information content (AvgIpc) is 3.29. The molecule has 1 fully saturated rings. The summed E-state index contributed by atoms with van der Waals surface area (Å²) in [6.07, 6.45) is 9.67. The Balaban J connectivity index is 1.44. The number of amides is 1. The van der Waals surface area contributed by atoms with E-state index in [-0.39, 0.29) is 30.1 Å². The minimum absolute atomic E-state index is 0.0727. The van der Waals surface area contributed by atoms with Crippen LogP contribution in [-0.4, -0.2) is 31.7 Å². The van der Waals surface area contributed by atoms with E-state index in [0.29, 0.717) is 12.1 Å². The third-order valence-corrected chi connectivity index (χ3v) is 6.51. The molecule has 0 unspecified atom stereocenters. The number of rotatable bonds is 6. The molecule has 1 saturated heterocycles. The molecule has 35 heavy (non-hydrogen) atoms. The van der Waals surface area contributed by atoms with E-state index >= 15 is 0 Å². The van der Waals surface area contributed by atoms with Crippen molar-refractivity contribution in [3.05, 3.63) is 96.5 Å². The molecule has 7 heteroatoms. The number of aryl methyl sites for hydroxylation is 1. The molecular formula is C28H27FN4O2. The molecule has 2 aromatic carbocycles. The summed E-state index contributed by atoms with van der Waals surface area (Å²) in [5.41, 5.74) is 4.10. The fourth-order valence-corrected chi connectivity index (χ4v) is 4.64. The van der Waals surface area contributed by atoms with Crippen molar-refractivity contribution in [1.82, 2.24) is 19.3 Å². The fraction of sp³-hybridized carbons (Fsp3) is 0.250. The first kappa shape index (κ1) is 22.8. The number of nitrogens with zero attached hydrogens (tertiary/aromatic N) is 4. The van der Waals surface area contributed by atoms with E-state index < -0.39 is 0 Å². The lowest BCUT2D eigenvalue weighted by Gasteiger charge is -2.34. The van der Waals surface area contributed by atoms with Crippen molar-refractivity contribution in [3.8, 4) is 17.0 Å². The Kier molecular flexibility index (Phi) is 6.31. The maximum atomic E-state index is 14.2. The Labute approximate surface area is 203 Å². The van der Waals surface area contributed by atoms with Crippen molar-refractivity contribution >= 4 is 11.4 Å². The molecule has 2 aromatic heterocycles. The molecule has 1 atom stereocenters. The van der Waals surface area contributed by atoms with Crippen molar-refractivity contribution in [1.29, 1.82) is 0 Å². The summed E-state index contributed by atoms with van der Waals surface area (Å²) < 4.78 is 21.9. The molecule has 1 aliphatic rings. The Morgan fingerprint density at radius 1 is 1.23 bits per heavy atom. The molecule has 1 amide bonds. The topological polar surface area (TPSA) is 59.7 Å². The van der Waals surface area contributed by atoms with Crippen molar-refractivity contribution < 1.29 is 13.9 Å². The number of aromatic nitrogens is 3. The second-order valence-corrected chi connectivity index (χ2v) is 8.77. The van der Waals surface area contributed by atoms with Gasteiger partial charge in [-0.3, -0.25) is 14.2 Å². The smallest absolute Gasteiger partial charge is 0.246 e. The second kappa shape index (κ2) is 9.70. The maximum absolute atomic E-state index is 14.2. The van der Waals surface area contributed by atoms with Gasteiger partial charge >= 0.3 is 0 Å². The standard InChI is InChI=1S/C28H27FN4O2/c1-3-25(34)32-15-5-4-8-22(32)28-31-27(23-17-30-14-16-33(23)28)21-12-10-20(11-13-21)18-35-24-9-6-7-19(2)26(24)29/h3,6-7,9-14,16-17,22H,1,4-5,8,15,18H2,2H3/t22-/m0/s1. The number of benzene rings is 2. The summed E-state index contributed by atoms with van der Waals surface area (Å²) in [7, 11) is 0. The normalized spacial score (nSPS) is 15.8. The van der Waals surface area contributed by atoms with Crippen LogP contribution in [0.2, 0.25) is 0 Å². The van der Waals surface area contributed by atoms with Crippen LogP contribution in [0, 0.1) is 12.7 Å². The zero-order valence-corrected chi connectivity index (χ0v) is 19.7. The Morgan fingerprint density at radius 2 is 2.06 bits per heavy atom. The van der Waals surface area contributed by atoms with Crippen LogP contribution >= 0.6 is 0 Å². The summed E-state index contributed by atoms with van der Waals surface area (Å²) in [6, 6.07) is 12.9. The third kappa shape index (κ3) is 4.41. The van der Waals surface area contributed by atoms with Crippen LogP contribution in [0.5, 0.6) is 5.75 Å². The molecule has 0 spiro atoms. The van der Waals surface area contributed by atoms with Crippen molar-refractivity contribution in [2.75, 3.05) is 6.54 Å². The van der Waals surface area contributed by atoms with Gasteiger partial charge in [-0.1, -0.05) is 43.0 Å². The number of fused-ring (bicyclic) bond motifs is 1. The highest BCUT2D eigenvalue weighted by molar-refractivity contribution is 5.87. The number of carbonyl (C=O) groups is 1. The Bertz CT molecular complexity index is 1380. The molecule has 0 saturated carbocycles. The van der Waals surface area contributed by atoms with E-state index in [0.717, 1.165) is 47.4 Å². The molecule has 5 rings (SSSR count). The van der Waals surface area contributed by atoms with Crippen LogP contribution in [-0.2, 0) is 11.4 Å². The first-order chi connectivity index (χ1) is 17.1. The summed E-state index contributed by atoms with van der Waals surface area (Å²) in [6.45, 7) is 6.35. The van der Waals surface area contributed by atoms with Gasteiger partial charge in [-0.2, -0.15) is 0 Å². The lowest BCUT2D eigenvalue weighted by Crippen LogP contribution is -2.38. The van der Waals surface area contributed by atoms with E-state index in [2.05, 4.69) is 11.6 Å². The van der Waals surface area contributed by atoms with Crippen molar-refractivity contribution in [3.63, 3.8) is 0 Å². The average molecular weight is 471 g/mol. The van der Waals surface area contributed by atoms with Gasteiger partial charge in [0.15, 0.2) is 11.6 Å². The van der Waals surface area contributed by atoms with Gasteiger partial charge in [0, 0.05) is 24.5 Å². The number of piperidine rings is 1. The summed E-state index contributed by atoms with van der Waals surface area (Å²) in [5.74, 6) is 0.669. The second-order valence-electron chi connectivity index (χ2n) is 8.77. The number of carbonyl (C=O) groups excluding carboxylic acids is 1. The van der Waals surface area contributed by atoms with Gasteiger partial charge in [-0.25, -0.2) is 9.37 Å². The molecule has 178 valence electrons. The van der Waals surface area contributed by atoms with Crippen LogP contribution in [0.25, 0.3) is 16.8 Å². The Morgan fingerprint density at radius 3 is 2.86 bits per heavy atom. The highest BCUT2D eigenvalue weighted by atomic mass is 19.1. The van der Waals surface area contributed by atoms with Gasteiger partial charge in [0.05, 0.1) is 23.4 Å². The van der Waals surface area contributed by atoms with Crippen LogP contribution in [0.1, 0.15) is 42.3 Å². The molecule has 0 radical (unpaired) electrons. The SMILES string of the molecule is C=CC(=O)N1CCCC[C@H]1c1nc(-c2ccc(COc3cccc(C)c3F)cc2)c2cnccn12. The number of likely N-dealkylation sites (tertiary alicyclic amines) is 1. The first-order valence-corrected chi connectivity index (χ1v) is 11.8. The van der Waals surface area contributed by atoms with E-state index in [9.17, 15) is 9.18 Å². The lowest BCUT2D eigenvalue weighted by atomic mass is 10.0. The van der Waals surface area contributed by atoms with Gasteiger partial charge < -0.3 is 9.64 Å². The van der Waals surface area contributed by atoms with Gasteiger partial charge in [0.25, 0.3) is 0 Å². The minimum Gasteiger partial charge on any atom is -0.486 e. The van der Waals surface area contributed by atoms with Crippen LogP contribution in [0.3, 0.4) is 0 Å². The lowest BCUT2D eigenvalue weighted by molar-refractivity contribution is -0.129. The van der Waals surface area contributed by atoms with Crippen molar-refractivity contribution in [2.45, 2.75) is 38.8 Å². The molecular weight excluding hydrogens is 443 g/mol. The van der Waals surface area contributed by atoms with Gasteiger partial charge in [-0.15, -0.1) is 0 Å². The predicted octanol–water partition coefficient (Wildman–Crippen LogP) is 5.66. The van der Waals surface area contributed by atoms with Crippen LogP contribution in [0.4, 0.5) is 4.39 Å². The number of hydrogen-bond acceptors (Lipinski definition) is 4. The molecule has 3 heterocycles. The zero-order chi connectivity index (χ0) is 24.4. The largest absolute Gasteiger partial charge is 0.486 e. The highest BCUT2D eigenvalue weighted by Crippen LogP contribution is 2.34. The molecule has 1 aliphatic heterocycles. The fourth-order valence-electron chi connectivity index (χ4n) is 4.64. The molecule has 4 aromatic rings. The molecule has 6 nitrogen and oxygen atoms in total. The maximum Gasteiger partial charge on any atom is 0.246 e. The predicted molar refractivity (Wildman–Crippen MR) is 132 cm³/mol. The van der Waals surface area contributed by atoms with Gasteiger partial charge in [0.1, 0.15) is 12.4 Å². The molecule has 0 aliphatic carbocycles. The quantitative estimate of drug-likeness (QED) is 0.341. The van der Waals surface area contributed by atoms with E-state index in [4.69, 9.17) is 9.72 Å². The zero-order valence-electron chi connectivity index (χ0n) is 19.7. The van der Waals surface area contributed by atoms with E-state index in [1.165, 1.54) is 6.08 Å². The minimum atomic E-state index is -0.333. The first-order valence-electron chi connectivity index (χ1n) is 11.8. The third-order valence-electron chi connectivity index (χ3n) is 6.51. The van der Waals surface area contributed by atoms with Crippen molar-refractivity contribution in [2.24, 2.45) is 0 Å². The molecule has 0 bridgehead atoms. The summed E-state index contributed by atoms with van der Waals surface area (Å²) >= 11 is 0. The number of hydrogen-bond donors (Lipinski definition) is 0. The van der Waals surface area contributed by atoms with E-state index in [1.807, 2.05) is 39.8 Å². The Hall–Kier alpha value is -4.00. The van der Waals surface area contributed by atoms with Gasteiger partial charge in [-0.05, 0) is 49.5 Å². The summed E-state index contributed by atoms with van der Waals surface area (Å²) in [5, 5.41) is 0. The van der Waals surface area contributed by atoms with Crippen LogP contribution < -0.4 is 4.74 Å².